The number of rotatable bonds is 5. The molecule has 7 heteroatoms. The largest absolute Gasteiger partial charge is 0.351 e. The molecule has 4 rings (SSSR count). The molecule has 2 aliphatic heterocycles. The average Bonchev–Trinajstić information content (AvgIpc) is 3.20. The van der Waals surface area contributed by atoms with Gasteiger partial charge in [-0.25, -0.2) is 0 Å². The summed E-state index contributed by atoms with van der Waals surface area (Å²) in [5, 5.41) is 11.1. The molecule has 3 fully saturated rings. The van der Waals surface area contributed by atoms with Gasteiger partial charge in [-0.2, -0.15) is 5.10 Å². The minimum absolute atomic E-state index is 0.0710. The van der Waals surface area contributed by atoms with Gasteiger partial charge < -0.3 is 15.5 Å². The fourth-order valence-electron chi connectivity index (χ4n) is 4.64. The number of aryl methyl sites for hydroxylation is 2. The average molecular weight is 359 g/mol. The minimum Gasteiger partial charge on any atom is -0.351 e. The summed E-state index contributed by atoms with van der Waals surface area (Å²) in [4.78, 5) is 27.6. The minimum atomic E-state index is -0.479. The fraction of sp³-hybridized carbons (Fsp3) is 0.737. The van der Waals surface area contributed by atoms with E-state index in [0.29, 0.717) is 26.2 Å². The molecule has 142 valence electrons. The number of fused-ring (bicyclic) bond motifs is 1. The van der Waals surface area contributed by atoms with Crippen LogP contribution in [0.2, 0.25) is 0 Å². The predicted molar refractivity (Wildman–Crippen MR) is 97.3 cm³/mol. The van der Waals surface area contributed by atoms with Gasteiger partial charge in [0.2, 0.25) is 11.8 Å². The lowest BCUT2D eigenvalue weighted by molar-refractivity contribution is -0.134. The van der Waals surface area contributed by atoms with Crippen molar-refractivity contribution in [2.45, 2.75) is 46.7 Å². The quantitative estimate of drug-likeness (QED) is 0.807. The first-order valence-corrected chi connectivity index (χ1v) is 9.77. The number of aromatic nitrogens is 2. The van der Waals surface area contributed by atoms with Crippen molar-refractivity contribution < 1.29 is 9.59 Å². The third kappa shape index (κ3) is 2.73. The number of likely N-dealkylation sites (tertiary alicyclic amines) is 1. The van der Waals surface area contributed by atoms with Gasteiger partial charge in [0, 0.05) is 62.4 Å². The van der Waals surface area contributed by atoms with E-state index >= 15 is 0 Å². The van der Waals surface area contributed by atoms with Gasteiger partial charge in [-0.05, 0) is 33.6 Å². The van der Waals surface area contributed by atoms with Gasteiger partial charge in [-0.15, -0.1) is 0 Å². The van der Waals surface area contributed by atoms with Gasteiger partial charge in [-0.3, -0.25) is 14.3 Å². The molecular formula is C19H29N5O2. The lowest BCUT2D eigenvalue weighted by Gasteiger charge is -2.27. The molecule has 2 saturated heterocycles. The molecule has 0 unspecified atom stereocenters. The number of amides is 2. The number of hydrogen-bond donors (Lipinski definition) is 2. The van der Waals surface area contributed by atoms with E-state index in [1.165, 1.54) is 0 Å². The third-order valence-corrected chi connectivity index (χ3v) is 6.47. The second-order valence-corrected chi connectivity index (χ2v) is 8.12. The summed E-state index contributed by atoms with van der Waals surface area (Å²) >= 11 is 0. The number of nitrogens with zero attached hydrogens (tertiary/aromatic N) is 3. The Morgan fingerprint density at radius 3 is 2.77 bits per heavy atom. The van der Waals surface area contributed by atoms with Gasteiger partial charge in [0.05, 0.1) is 11.1 Å². The molecule has 1 aromatic heterocycles. The van der Waals surface area contributed by atoms with Crippen molar-refractivity contribution in [1.82, 2.24) is 25.3 Å². The van der Waals surface area contributed by atoms with E-state index in [1.807, 2.05) is 16.5 Å². The highest BCUT2D eigenvalue weighted by atomic mass is 16.2. The van der Waals surface area contributed by atoms with Gasteiger partial charge >= 0.3 is 0 Å². The standard InChI is InChI=1S/C19H29N5O2/c1-4-24-13(3)16(12(2)22-24)8-21-18(26)19-10-20-7-15(19)9-23(11-19)17(25)14-5-6-14/h14-15,20H,4-11H2,1-3H3,(H,21,26)/t15-,19-/m1/s1. The second-order valence-electron chi connectivity index (χ2n) is 8.12. The van der Waals surface area contributed by atoms with Crippen LogP contribution in [-0.2, 0) is 22.7 Å². The Morgan fingerprint density at radius 2 is 2.12 bits per heavy atom. The zero-order valence-electron chi connectivity index (χ0n) is 16.0. The van der Waals surface area contributed by atoms with Crippen molar-refractivity contribution in [3.63, 3.8) is 0 Å². The molecule has 1 aromatic rings. The highest BCUT2D eigenvalue weighted by Crippen LogP contribution is 2.42. The Kier molecular flexibility index (Phi) is 4.29. The number of carbonyl (C=O) groups excluding carboxylic acids is 2. The molecule has 2 atom stereocenters. The number of carbonyl (C=O) groups is 2. The molecule has 2 N–H and O–H groups in total. The molecule has 7 nitrogen and oxygen atoms in total. The second kappa shape index (κ2) is 6.37. The van der Waals surface area contributed by atoms with Gasteiger partial charge in [0.1, 0.15) is 0 Å². The first-order chi connectivity index (χ1) is 12.5. The Labute approximate surface area is 154 Å². The Hall–Kier alpha value is -1.89. The lowest BCUT2D eigenvalue weighted by atomic mass is 9.80. The predicted octanol–water partition coefficient (Wildman–Crippen LogP) is 0.594. The van der Waals surface area contributed by atoms with Gasteiger partial charge in [0.25, 0.3) is 0 Å². The molecule has 1 aliphatic carbocycles. The van der Waals surface area contributed by atoms with Crippen LogP contribution in [-0.4, -0.2) is 52.7 Å². The van der Waals surface area contributed by atoms with Crippen LogP contribution in [0.1, 0.15) is 36.7 Å². The van der Waals surface area contributed by atoms with Gasteiger partial charge in [0.15, 0.2) is 0 Å². The number of hydrogen-bond acceptors (Lipinski definition) is 4. The maximum Gasteiger partial charge on any atom is 0.229 e. The topological polar surface area (TPSA) is 79.3 Å². The highest BCUT2D eigenvalue weighted by molar-refractivity contribution is 5.87. The molecule has 0 aromatic carbocycles. The molecular weight excluding hydrogens is 330 g/mol. The van der Waals surface area contributed by atoms with Crippen LogP contribution in [0.5, 0.6) is 0 Å². The monoisotopic (exact) mass is 359 g/mol. The van der Waals surface area contributed by atoms with Crippen molar-refractivity contribution in [3.05, 3.63) is 17.0 Å². The van der Waals surface area contributed by atoms with Crippen molar-refractivity contribution >= 4 is 11.8 Å². The molecule has 1 saturated carbocycles. The van der Waals surface area contributed by atoms with Crippen molar-refractivity contribution in [1.29, 1.82) is 0 Å². The Morgan fingerprint density at radius 1 is 1.35 bits per heavy atom. The zero-order valence-corrected chi connectivity index (χ0v) is 16.0. The van der Waals surface area contributed by atoms with Crippen molar-refractivity contribution in [3.8, 4) is 0 Å². The van der Waals surface area contributed by atoms with Crippen LogP contribution in [0.4, 0.5) is 0 Å². The molecule has 0 bridgehead atoms. The molecule has 3 heterocycles. The molecule has 0 radical (unpaired) electrons. The van der Waals surface area contributed by atoms with Crippen LogP contribution in [0.15, 0.2) is 0 Å². The van der Waals surface area contributed by atoms with E-state index in [4.69, 9.17) is 0 Å². The van der Waals surface area contributed by atoms with E-state index in [9.17, 15) is 9.59 Å². The van der Waals surface area contributed by atoms with Crippen LogP contribution in [0.25, 0.3) is 0 Å². The first-order valence-electron chi connectivity index (χ1n) is 9.77. The van der Waals surface area contributed by atoms with Crippen LogP contribution >= 0.6 is 0 Å². The Balaban J connectivity index is 1.46. The number of nitrogens with one attached hydrogen (secondary N) is 2. The summed E-state index contributed by atoms with van der Waals surface area (Å²) in [6, 6.07) is 0. The van der Waals surface area contributed by atoms with E-state index in [2.05, 4.69) is 29.6 Å². The van der Waals surface area contributed by atoms with Crippen LogP contribution < -0.4 is 10.6 Å². The smallest absolute Gasteiger partial charge is 0.229 e. The molecule has 0 spiro atoms. The van der Waals surface area contributed by atoms with E-state index in [0.717, 1.165) is 42.9 Å². The summed E-state index contributed by atoms with van der Waals surface area (Å²) in [5.74, 6) is 0.752. The zero-order chi connectivity index (χ0) is 18.5. The normalized spacial score (nSPS) is 27.7. The maximum absolute atomic E-state index is 13.2. The van der Waals surface area contributed by atoms with Crippen molar-refractivity contribution in [2.24, 2.45) is 17.3 Å². The summed E-state index contributed by atoms with van der Waals surface area (Å²) in [5.41, 5.74) is 2.71. The molecule has 26 heavy (non-hydrogen) atoms. The lowest BCUT2D eigenvalue weighted by Crippen LogP contribution is -2.47. The van der Waals surface area contributed by atoms with E-state index < -0.39 is 5.41 Å². The van der Waals surface area contributed by atoms with Crippen LogP contribution in [0, 0.1) is 31.1 Å². The first kappa shape index (κ1) is 17.5. The summed E-state index contributed by atoms with van der Waals surface area (Å²) in [6.45, 7) is 10.2. The fourth-order valence-corrected chi connectivity index (χ4v) is 4.64. The summed E-state index contributed by atoms with van der Waals surface area (Å²) in [7, 11) is 0. The van der Waals surface area contributed by atoms with Gasteiger partial charge in [-0.1, -0.05) is 0 Å². The molecule has 2 amide bonds. The SMILES string of the molecule is CCn1nc(C)c(CNC(=O)[C@@]23CNC[C@@H]2CN(C(=O)C2CC2)C3)c1C. The van der Waals surface area contributed by atoms with E-state index in [-0.39, 0.29) is 23.7 Å². The Bertz CT molecular complexity index is 739. The maximum atomic E-state index is 13.2. The third-order valence-electron chi connectivity index (χ3n) is 6.47. The highest BCUT2D eigenvalue weighted by Gasteiger charge is 2.56. The van der Waals surface area contributed by atoms with Crippen LogP contribution in [0.3, 0.4) is 0 Å². The van der Waals surface area contributed by atoms with E-state index in [1.54, 1.807) is 0 Å². The molecule has 3 aliphatic rings. The summed E-state index contributed by atoms with van der Waals surface area (Å²) < 4.78 is 1.97. The van der Waals surface area contributed by atoms with Crippen molar-refractivity contribution in [2.75, 3.05) is 26.2 Å². The summed E-state index contributed by atoms with van der Waals surface area (Å²) in [6.07, 6.45) is 2.02.